The molecule has 1 unspecified atom stereocenters. The minimum absolute atomic E-state index is 0.122. The molecule has 2 nitrogen and oxygen atoms in total. The number of nitrogens with one attached hydrogen (secondary N) is 1. The van der Waals surface area contributed by atoms with Gasteiger partial charge in [0.2, 0.25) is 0 Å². The molecule has 0 amide bonds. The van der Waals surface area contributed by atoms with Crippen LogP contribution in [0.3, 0.4) is 0 Å². The van der Waals surface area contributed by atoms with Gasteiger partial charge in [-0.2, -0.15) is 0 Å². The Morgan fingerprint density at radius 2 is 1.94 bits per heavy atom. The van der Waals surface area contributed by atoms with E-state index in [1.165, 1.54) is 10.5 Å². The molecule has 3 heteroatoms. The first-order chi connectivity index (χ1) is 8.59. The molecule has 1 aromatic rings. The Labute approximate surface area is 115 Å². The quantitative estimate of drug-likeness (QED) is 0.560. The third kappa shape index (κ3) is 5.42. The molecule has 102 valence electrons. The van der Waals surface area contributed by atoms with Crippen molar-refractivity contribution in [1.82, 2.24) is 5.32 Å². The molecular weight excluding hydrogens is 242 g/mol. The first kappa shape index (κ1) is 15.5. The van der Waals surface area contributed by atoms with E-state index < -0.39 is 0 Å². The van der Waals surface area contributed by atoms with Gasteiger partial charge in [-0.05, 0) is 51.1 Å². The topological polar surface area (TPSA) is 32.3 Å². The van der Waals surface area contributed by atoms with Gasteiger partial charge < -0.3 is 10.4 Å². The summed E-state index contributed by atoms with van der Waals surface area (Å²) in [4.78, 5) is 1.33. The summed E-state index contributed by atoms with van der Waals surface area (Å²) in [5, 5.41) is 12.7. The molecule has 2 N–H and O–H groups in total. The summed E-state index contributed by atoms with van der Waals surface area (Å²) in [6.07, 6.45) is 2.12. The minimum atomic E-state index is -0.122. The van der Waals surface area contributed by atoms with Crippen LogP contribution < -0.4 is 5.32 Å². The van der Waals surface area contributed by atoms with E-state index in [-0.39, 0.29) is 12.1 Å². The van der Waals surface area contributed by atoms with Gasteiger partial charge in [0, 0.05) is 10.4 Å². The largest absolute Gasteiger partial charge is 0.394 e. The molecule has 0 aliphatic carbocycles. The molecular formula is C15H25NOS. The third-order valence-electron chi connectivity index (χ3n) is 3.12. The van der Waals surface area contributed by atoms with Gasteiger partial charge in [0.25, 0.3) is 0 Å². The fraction of sp³-hybridized carbons (Fsp3) is 0.600. The molecule has 1 aromatic carbocycles. The zero-order valence-corrected chi connectivity index (χ0v) is 12.5. The number of rotatable bonds is 8. The Morgan fingerprint density at radius 3 is 2.50 bits per heavy atom. The fourth-order valence-electron chi connectivity index (χ4n) is 1.94. The van der Waals surface area contributed by atoms with Gasteiger partial charge >= 0.3 is 0 Å². The number of benzene rings is 1. The predicted molar refractivity (Wildman–Crippen MR) is 80.3 cm³/mol. The highest BCUT2D eigenvalue weighted by molar-refractivity contribution is 7.99. The van der Waals surface area contributed by atoms with Crippen molar-refractivity contribution in [2.45, 2.75) is 44.0 Å². The molecule has 0 aliphatic rings. The zero-order chi connectivity index (χ0) is 13.4. The smallest absolute Gasteiger partial charge is 0.0610 e. The van der Waals surface area contributed by atoms with Crippen LogP contribution in [0.4, 0.5) is 0 Å². The molecule has 1 atom stereocenters. The van der Waals surface area contributed by atoms with Crippen LogP contribution in [0.5, 0.6) is 0 Å². The Kier molecular flexibility index (Phi) is 6.76. The van der Waals surface area contributed by atoms with Crippen molar-refractivity contribution < 1.29 is 5.11 Å². The number of aryl methyl sites for hydroxylation is 1. The molecule has 18 heavy (non-hydrogen) atoms. The molecule has 0 fully saturated rings. The fourth-order valence-corrected chi connectivity index (χ4v) is 2.79. The van der Waals surface area contributed by atoms with Crippen molar-refractivity contribution in [2.75, 3.05) is 18.9 Å². The number of aliphatic hydroxyl groups is 1. The Balaban J connectivity index is 2.27. The third-order valence-corrected chi connectivity index (χ3v) is 4.21. The molecule has 0 heterocycles. The van der Waals surface area contributed by atoms with E-state index in [4.69, 9.17) is 0 Å². The first-order valence-corrected chi connectivity index (χ1v) is 7.63. The van der Waals surface area contributed by atoms with Crippen molar-refractivity contribution >= 4 is 11.8 Å². The molecule has 0 aliphatic heterocycles. The monoisotopic (exact) mass is 267 g/mol. The van der Waals surface area contributed by atoms with Crippen molar-refractivity contribution in [1.29, 1.82) is 0 Å². The number of hydrogen-bond donors (Lipinski definition) is 2. The summed E-state index contributed by atoms with van der Waals surface area (Å²) in [5.41, 5.74) is 1.18. The minimum Gasteiger partial charge on any atom is -0.394 e. The second kappa shape index (κ2) is 7.82. The van der Waals surface area contributed by atoms with E-state index in [1.807, 2.05) is 11.8 Å². The lowest BCUT2D eigenvalue weighted by Gasteiger charge is -2.28. The van der Waals surface area contributed by atoms with Gasteiger partial charge in [0.1, 0.15) is 0 Å². The van der Waals surface area contributed by atoms with E-state index in [0.717, 1.165) is 25.1 Å². The van der Waals surface area contributed by atoms with Crippen LogP contribution in [0.2, 0.25) is 0 Å². The normalized spacial score (nSPS) is 14.4. The summed E-state index contributed by atoms with van der Waals surface area (Å²) in [7, 11) is 0. The Morgan fingerprint density at radius 1 is 1.28 bits per heavy atom. The van der Waals surface area contributed by atoms with Crippen LogP contribution in [-0.4, -0.2) is 29.5 Å². The van der Waals surface area contributed by atoms with Gasteiger partial charge in [-0.15, -0.1) is 11.8 Å². The lowest BCUT2D eigenvalue weighted by Crippen LogP contribution is -2.45. The summed E-state index contributed by atoms with van der Waals surface area (Å²) in [6, 6.07) is 8.66. The molecule has 0 bridgehead atoms. The number of thioether (sulfide) groups is 1. The van der Waals surface area contributed by atoms with Crippen LogP contribution in [0.25, 0.3) is 0 Å². The second-order valence-electron chi connectivity index (χ2n) is 5.01. The van der Waals surface area contributed by atoms with Crippen molar-refractivity contribution in [3.63, 3.8) is 0 Å². The van der Waals surface area contributed by atoms with Crippen LogP contribution >= 0.6 is 11.8 Å². The lowest BCUT2D eigenvalue weighted by molar-refractivity contribution is 0.167. The van der Waals surface area contributed by atoms with E-state index >= 15 is 0 Å². The average molecular weight is 267 g/mol. The summed E-state index contributed by atoms with van der Waals surface area (Å²) >= 11 is 1.89. The van der Waals surface area contributed by atoms with Gasteiger partial charge in [0.15, 0.2) is 0 Å². The second-order valence-corrected chi connectivity index (χ2v) is 6.18. The van der Waals surface area contributed by atoms with Crippen LogP contribution in [0.1, 0.15) is 32.3 Å². The zero-order valence-electron chi connectivity index (χ0n) is 11.7. The van der Waals surface area contributed by atoms with Crippen molar-refractivity contribution in [2.24, 2.45) is 0 Å². The van der Waals surface area contributed by atoms with Crippen LogP contribution in [-0.2, 0) is 0 Å². The van der Waals surface area contributed by atoms with E-state index in [1.54, 1.807) is 0 Å². The summed E-state index contributed by atoms with van der Waals surface area (Å²) in [6.45, 7) is 7.39. The summed E-state index contributed by atoms with van der Waals surface area (Å²) in [5.74, 6) is 1.10. The van der Waals surface area contributed by atoms with Crippen LogP contribution in [0, 0.1) is 6.92 Å². The highest BCUT2D eigenvalue weighted by atomic mass is 32.2. The van der Waals surface area contributed by atoms with Gasteiger partial charge in [-0.1, -0.05) is 24.6 Å². The number of aliphatic hydroxyl groups excluding tert-OH is 1. The maximum atomic E-state index is 9.39. The van der Waals surface area contributed by atoms with Gasteiger partial charge in [-0.3, -0.25) is 0 Å². The standard InChI is InChI=1S/C15H25NOS/c1-4-16-15(3,12-17)10-5-11-18-14-8-6-13(2)7-9-14/h6-9,16-17H,4-5,10-12H2,1-3H3. The molecule has 0 aromatic heterocycles. The summed E-state index contributed by atoms with van der Waals surface area (Å²) < 4.78 is 0. The van der Waals surface area contributed by atoms with E-state index in [9.17, 15) is 5.11 Å². The highest BCUT2D eigenvalue weighted by Crippen LogP contribution is 2.21. The number of hydrogen-bond acceptors (Lipinski definition) is 3. The average Bonchev–Trinajstić information content (AvgIpc) is 2.37. The molecule has 0 radical (unpaired) electrons. The number of likely N-dealkylation sites (N-methyl/N-ethyl adjacent to an activating group) is 1. The molecule has 0 spiro atoms. The molecule has 0 saturated heterocycles. The van der Waals surface area contributed by atoms with Gasteiger partial charge in [0.05, 0.1) is 6.61 Å². The maximum absolute atomic E-state index is 9.39. The van der Waals surface area contributed by atoms with E-state index in [2.05, 4.69) is 50.4 Å². The molecule has 1 rings (SSSR count). The maximum Gasteiger partial charge on any atom is 0.0610 e. The first-order valence-electron chi connectivity index (χ1n) is 6.65. The SMILES string of the molecule is CCNC(C)(CO)CCCSc1ccc(C)cc1. The van der Waals surface area contributed by atoms with Gasteiger partial charge in [-0.25, -0.2) is 0 Å². The lowest BCUT2D eigenvalue weighted by atomic mass is 9.97. The Bertz CT molecular complexity index is 339. The predicted octanol–water partition coefficient (Wildman–Crippen LogP) is 3.23. The van der Waals surface area contributed by atoms with E-state index in [0.29, 0.717) is 0 Å². The highest BCUT2D eigenvalue weighted by Gasteiger charge is 2.20. The molecule has 0 saturated carbocycles. The van der Waals surface area contributed by atoms with Crippen LogP contribution in [0.15, 0.2) is 29.2 Å². The van der Waals surface area contributed by atoms with Crippen molar-refractivity contribution in [3.05, 3.63) is 29.8 Å². The van der Waals surface area contributed by atoms with Crippen molar-refractivity contribution in [3.8, 4) is 0 Å². The Hall–Kier alpha value is -0.510.